The van der Waals surface area contributed by atoms with Crippen LogP contribution in [-0.4, -0.2) is 36.0 Å². The van der Waals surface area contributed by atoms with Crippen molar-refractivity contribution in [1.82, 2.24) is 4.90 Å². The van der Waals surface area contributed by atoms with Gasteiger partial charge in [-0.3, -0.25) is 9.69 Å². The first-order valence-electron chi connectivity index (χ1n) is 9.83. The molecule has 2 aromatic rings. The number of likely N-dealkylation sites (tertiary alicyclic amines) is 1. The molecule has 0 radical (unpaired) electrons. The van der Waals surface area contributed by atoms with Gasteiger partial charge in [-0.05, 0) is 49.9 Å². The minimum atomic E-state index is -0.469. The van der Waals surface area contributed by atoms with Gasteiger partial charge in [0.15, 0.2) is 0 Å². The summed E-state index contributed by atoms with van der Waals surface area (Å²) in [6, 6.07) is 12.4. The number of ether oxygens (including phenoxy) is 1. The van der Waals surface area contributed by atoms with Crippen LogP contribution in [0.3, 0.4) is 0 Å². The van der Waals surface area contributed by atoms with E-state index in [2.05, 4.69) is 27.7 Å². The number of rotatable bonds is 3. The number of hydrogen-bond acceptors (Lipinski definition) is 5. The third-order valence-corrected chi connectivity index (χ3v) is 7.16. The van der Waals surface area contributed by atoms with Crippen LogP contribution in [0.25, 0.3) is 0 Å². The van der Waals surface area contributed by atoms with Crippen LogP contribution in [0.2, 0.25) is 0 Å². The summed E-state index contributed by atoms with van der Waals surface area (Å²) in [4.78, 5) is 18.0. The minimum Gasteiger partial charge on any atom is -0.373 e. The number of carbonyl (C=O) groups is 1. The van der Waals surface area contributed by atoms with Crippen LogP contribution in [-0.2, 0) is 16.1 Å². The number of anilines is 2. The smallest absolute Gasteiger partial charge is 0.250 e. The molecule has 27 heavy (non-hydrogen) atoms. The van der Waals surface area contributed by atoms with Crippen molar-refractivity contribution in [3.63, 3.8) is 0 Å². The summed E-state index contributed by atoms with van der Waals surface area (Å²) < 4.78 is 5.80. The molecule has 2 fully saturated rings. The van der Waals surface area contributed by atoms with E-state index in [9.17, 15) is 4.79 Å². The SMILES string of the molecule is O=C1Nc2ccccc2NC12CCN(Cc1ccc(C3CCCO3)s1)CC2. The number of thiophene rings is 1. The van der Waals surface area contributed by atoms with Crippen LogP contribution in [0.15, 0.2) is 36.4 Å². The fourth-order valence-corrected chi connectivity index (χ4v) is 5.52. The molecule has 2 saturated heterocycles. The predicted octanol–water partition coefficient (Wildman–Crippen LogP) is 4.00. The van der Waals surface area contributed by atoms with Crippen LogP contribution in [0.5, 0.6) is 0 Å². The van der Waals surface area contributed by atoms with E-state index in [0.29, 0.717) is 6.10 Å². The zero-order valence-corrected chi connectivity index (χ0v) is 16.2. The molecule has 0 bridgehead atoms. The Hall–Kier alpha value is -1.89. The molecule has 1 atom stereocenters. The van der Waals surface area contributed by atoms with E-state index in [1.165, 1.54) is 16.2 Å². The first-order valence-corrected chi connectivity index (χ1v) is 10.6. The summed E-state index contributed by atoms with van der Waals surface area (Å²) in [6.45, 7) is 3.71. The number of fused-ring (bicyclic) bond motifs is 1. The minimum absolute atomic E-state index is 0.109. The van der Waals surface area contributed by atoms with Crippen molar-refractivity contribution in [1.29, 1.82) is 0 Å². The number of piperidine rings is 1. The molecule has 4 heterocycles. The Morgan fingerprint density at radius 3 is 2.74 bits per heavy atom. The predicted molar refractivity (Wildman–Crippen MR) is 108 cm³/mol. The zero-order chi connectivity index (χ0) is 18.3. The summed E-state index contributed by atoms with van der Waals surface area (Å²) in [5.41, 5.74) is 1.45. The van der Waals surface area contributed by atoms with Gasteiger partial charge in [-0.25, -0.2) is 0 Å². The highest BCUT2D eigenvalue weighted by Crippen LogP contribution is 2.37. The van der Waals surface area contributed by atoms with Crippen LogP contribution < -0.4 is 10.6 Å². The van der Waals surface area contributed by atoms with Gasteiger partial charge in [0.1, 0.15) is 5.54 Å². The van der Waals surface area contributed by atoms with E-state index < -0.39 is 5.54 Å². The Morgan fingerprint density at radius 1 is 1.15 bits per heavy atom. The number of carbonyl (C=O) groups excluding carboxylic acids is 1. The van der Waals surface area contributed by atoms with Crippen molar-refractivity contribution in [2.75, 3.05) is 30.3 Å². The molecule has 5 nitrogen and oxygen atoms in total. The van der Waals surface area contributed by atoms with Crippen molar-refractivity contribution >= 4 is 28.6 Å². The van der Waals surface area contributed by atoms with Crippen LogP contribution in [0.1, 0.15) is 41.5 Å². The largest absolute Gasteiger partial charge is 0.373 e. The van der Waals surface area contributed by atoms with Crippen molar-refractivity contribution in [3.8, 4) is 0 Å². The average molecular weight is 384 g/mol. The lowest BCUT2D eigenvalue weighted by Gasteiger charge is -2.44. The Labute approximate surface area is 163 Å². The van der Waals surface area contributed by atoms with Gasteiger partial charge in [0, 0.05) is 36.0 Å². The molecular weight excluding hydrogens is 358 g/mol. The Bertz CT molecular complexity index is 835. The van der Waals surface area contributed by atoms with E-state index in [0.717, 1.165) is 56.9 Å². The number of nitrogens with zero attached hydrogens (tertiary/aromatic N) is 1. The van der Waals surface area contributed by atoms with Crippen LogP contribution >= 0.6 is 11.3 Å². The summed E-state index contributed by atoms with van der Waals surface area (Å²) >= 11 is 1.88. The Morgan fingerprint density at radius 2 is 1.96 bits per heavy atom. The number of para-hydroxylation sites is 2. The van der Waals surface area contributed by atoms with Gasteiger partial charge in [0.05, 0.1) is 17.5 Å². The molecule has 5 rings (SSSR count). The first-order chi connectivity index (χ1) is 13.2. The molecular formula is C21H25N3O2S. The summed E-state index contributed by atoms with van der Waals surface area (Å²) in [6.07, 6.45) is 4.29. The summed E-state index contributed by atoms with van der Waals surface area (Å²) in [5, 5.41) is 6.62. The summed E-state index contributed by atoms with van der Waals surface area (Å²) in [7, 11) is 0. The lowest BCUT2D eigenvalue weighted by molar-refractivity contribution is -0.122. The number of hydrogen-bond donors (Lipinski definition) is 2. The molecule has 2 N–H and O–H groups in total. The van der Waals surface area contributed by atoms with Crippen molar-refractivity contribution in [2.45, 2.75) is 43.9 Å². The van der Waals surface area contributed by atoms with Crippen LogP contribution in [0.4, 0.5) is 11.4 Å². The molecule has 3 aliphatic heterocycles. The van der Waals surface area contributed by atoms with Gasteiger partial charge in [-0.1, -0.05) is 12.1 Å². The standard InChI is InChI=1S/C21H25N3O2S/c25-20-21(23-17-5-2-1-4-16(17)22-20)9-11-24(12-10-21)14-15-7-8-19(27-15)18-6-3-13-26-18/h1-2,4-5,7-8,18,23H,3,6,9-14H2,(H,22,25). The second kappa shape index (κ2) is 6.93. The van der Waals surface area contributed by atoms with Crippen molar-refractivity contribution in [2.24, 2.45) is 0 Å². The van der Waals surface area contributed by atoms with E-state index in [4.69, 9.17) is 4.74 Å². The Balaban J connectivity index is 1.22. The highest BCUT2D eigenvalue weighted by Gasteiger charge is 2.44. The molecule has 0 saturated carbocycles. The molecule has 1 spiro atoms. The third kappa shape index (κ3) is 3.26. The van der Waals surface area contributed by atoms with E-state index in [1.54, 1.807) is 0 Å². The lowest BCUT2D eigenvalue weighted by Crippen LogP contribution is -2.58. The molecule has 0 aliphatic carbocycles. The van der Waals surface area contributed by atoms with Crippen molar-refractivity contribution < 1.29 is 9.53 Å². The number of amides is 1. The second-order valence-corrected chi connectivity index (χ2v) is 8.99. The number of nitrogens with one attached hydrogen (secondary N) is 2. The normalized spacial score (nSPS) is 24.4. The molecule has 3 aliphatic rings. The van der Waals surface area contributed by atoms with Gasteiger partial charge < -0.3 is 15.4 Å². The van der Waals surface area contributed by atoms with Gasteiger partial charge in [-0.15, -0.1) is 11.3 Å². The van der Waals surface area contributed by atoms with Gasteiger partial charge in [0.25, 0.3) is 0 Å². The van der Waals surface area contributed by atoms with Gasteiger partial charge in [0.2, 0.25) is 5.91 Å². The molecule has 142 valence electrons. The zero-order valence-electron chi connectivity index (χ0n) is 15.4. The molecule has 6 heteroatoms. The quantitative estimate of drug-likeness (QED) is 0.841. The molecule has 1 aromatic heterocycles. The summed E-state index contributed by atoms with van der Waals surface area (Å²) in [5.74, 6) is 0.109. The maximum Gasteiger partial charge on any atom is 0.250 e. The van der Waals surface area contributed by atoms with E-state index in [-0.39, 0.29) is 5.91 Å². The van der Waals surface area contributed by atoms with E-state index in [1.807, 2.05) is 35.6 Å². The van der Waals surface area contributed by atoms with Crippen molar-refractivity contribution in [3.05, 3.63) is 46.2 Å². The lowest BCUT2D eigenvalue weighted by atomic mass is 9.84. The van der Waals surface area contributed by atoms with Gasteiger partial charge in [-0.2, -0.15) is 0 Å². The van der Waals surface area contributed by atoms with E-state index >= 15 is 0 Å². The molecule has 1 unspecified atom stereocenters. The highest BCUT2D eigenvalue weighted by atomic mass is 32.1. The Kier molecular flexibility index (Phi) is 4.42. The maximum absolute atomic E-state index is 12.7. The first kappa shape index (κ1) is 17.2. The number of benzene rings is 1. The molecule has 1 aromatic carbocycles. The van der Waals surface area contributed by atoms with Gasteiger partial charge >= 0.3 is 0 Å². The fourth-order valence-electron chi connectivity index (χ4n) is 4.38. The molecule has 1 amide bonds. The maximum atomic E-state index is 12.7. The average Bonchev–Trinajstić information content (AvgIpc) is 3.36. The fraction of sp³-hybridized carbons (Fsp3) is 0.476. The second-order valence-electron chi connectivity index (χ2n) is 7.79. The van der Waals surface area contributed by atoms with Crippen LogP contribution in [0, 0.1) is 0 Å². The third-order valence-electron chi connectivity index (χ3n) is 6.00. The highest BCUT2D eigenvalue weighted by molar-refractivity contribution is 7.12. The topological polar surface area (TPSA) is 53.6 Å². The monoisotopic (exact) mass is 383 g/mol.